The molecule has 0 bridgehead atoms. The van der Waals surface area contributed by atoms with Crippen molar-refractivity contribution in [2.75, 3.05) is 13.2 Å². The van der Waals surface area contributed by atoms with Gasteiger partial charge in [-0.15, -0.1) is 0 Å². The number of nitriles is 4. The van der Waals surface area contributed by atoms with Crippen molar-refractivity contribution in [2.45, 2.75) is 136 Å². The molecule has 3 rings (SSSR count). The van der Waals surface area contributed by atoms with E-state index >= 15 is 0 Å². The zero-order valence-electron chi connectivity index (χ0n) is 31.2. The van der Waals surface area contributed by atoms with Crippen molar-refractivity contribution in [3.05, 3.63) is 64.7 Å². The third-order valence-electron chi connectivity index (χ3n) is 10.4. The minimum atomic E-state index is -0.922. The average molecular weight is 689 g/mol. The van der Waals surface area contributed by atoms with Gasteiger partial charge in [0.25, 0.3) is 0 Å². The van der Waals surface area contributed by atoms with Crippen LogP contribution in [0.4, 0.5) is 0 Å². The number of esters is 1. The second-order valence-corrected chi connectivity index (χ2v) is 14.4. The SMILES string of the molecule is C=C(C)C(=O)OCCCc1cc(-c2ccc(C3CCC(CCCCC)CC3)cc2CC)cc(CCCC#N)c1OCC(CC#N)(CC#N)CC#N. The number of carbonyl (C=O) groups is 1. The molecule has 1 aliphatic rings. The highest BCUT2D eigenvalue weighted by atomic mass is 16.5. The molecule has 2 aromatic rings. The number of nitrogens with zero attached hydrogens (tertiary/aromatic N) is 4. The lowest BCUT2D eigenvalue weighted by molar-refractivity contribution is -0.139. The van der Waals surface area contributed by atoms with E-state index in [0.717, 1.165) is 29.0 Å². The Bertz CT molecular complexity index is 1580. The zero-order chi connectivity index (χ0) is 37.1. The van der Waals surface area contributed by atoms with E-state index in [-0.39, 0.29) is 32.5 Å². The van der Waals surface area contributed by atoms with E-state index in [0.29, 0.717) is 49.3 Å². The Morgan fingerprint density at radius 1 is 0.843 bits per heavy atom. The predicted octanol–water partition coefficient (Wildman–Crippen LogP) is 10.8. The molecule has 0 amide bonds. The summed E-state index contributed by atoms with van der Waals surface area (Å²) in [6, 6.07) is 20.0. The quantitative estimate of drug-likeness (QED) is 0.0724. The summed E-state index contributed by atoms with van der Waals surface area (Å²) >= 11 is 0. The molecular weight excluding hydrogens is 633 g/mol. The van der Waals surface area contributed by atoms with E-state index < -0.39 is 11.4 Å². The Morgan fingerprint density at radius 3 is 2.06 bits per heavy atom. The van der Waals surface area contributed by atoms with Crippen LogP contribution in [0.1, 0.15) is 139 Å². The van der Waals surface area contributed by atoms with Gasteiger partial charge in [-0.05, 0) is 122 Å². The van der Waals surface area contributed by atoms with Crippen LogP contribution in [0, 0.1) is 56.7 Å². The van der Waals surface area contributed by atoms with Gasteiger partial charge in [-0.2, -0.15) is 21.0 Å². The summed E-state index contributed by atoms with van der Waals surface area (Å²) < 4.78 is 12.0. The number of ether oxygens (including phenoxy) is 2. The highest BCUT2D eigenvalue weighted by Crippen LogP contribution is 2.41. The van der Waals surface area contributed by atoms with Crippen LogP contribution in [-0.2, 0) is 28.8 Å². The largest absolute Gasteiger partial charge is 0.492 e. The lowest BCUT2D eigenvalue weighted by Crippen LogP contribution is -2.28. The molecule has 7 nitrogen and oxygen atoms in total. The highest BCUT2D eigenvalue weighted by Gasteiger charge is 2.32. The first-order valence-electron chi connectivity index (χ1n) is 19.0. The summed E-state index contributed by atoms with van der Waals surface area (Å²) in [5.41, 5.74) is 6.28. The fraction of sp³-hybridized carbons (Fsp3) is 0.568. The summed E-state index contributed by atoms with van der Waals surface area (Å²) in [5.74, 6) is 1.69. The molecule has 1 fully saturated rings. The average Bonchev–Trinajstić information content (AvgIpc) is 3.13. The normalized spacial score (nSPS) is 15.5. The van der Waals surface area contributed by atoms with Crippen molar-refractivity contribution in [1.82, 2.24) is 0 Å². The minimum Gasteiger partial charge on any atom is -0.492 e. The lowest BCUT2D eigenvalue weighted by atomic mass is 9.76. The summed E-state index contributed by atoms with van der Waals surface area (Å²) in [6.07, 6.45) is 14.2. The van der Waals surface area contributed by atoms with Gasteiger partial charge in [0.05, 0.1) is 37.5 Å². The first-order valence-corrected chi connectivity index (χ1v) is 19.0. The summed E-state index contributed by atoms with van der Waals surface area (Å²) in [5, 5.41) is 38.1. The van der Waals surface area contributed by atoms with Gasteiger partial charge in [-0.3, -0.25) is 0 Å². The van der Waals surface area contributed by atoms with Gasteiger partial charge in [0.2, 0.25) is 0 Å². The molecule has 51 heavy (non-hydrogen) atoms. The van der Waals surface area contributed by atoms with E-state index in [2.05, 4.69) is 75.0 Å². The Balaban J connectivity index is 2.02. The lowest BCUT2D eigenvalue weighted by Gasteiger charge is -2.29. The molecular formula is C44H56N4O3. The van der Waals surface area contributed by atoms with Gasteiger partial charge in [-0.25, -0.2) is 4.79 Å². The number of carbonyl (C=O) groups excluding carboxylic acids is 1. The number of benzene rings is 2. The van der Waals surface area contributed by atoms with Crippen LogP contribution in [0.25, 0.3) is 11.1 Å². The van der Waals surface area contributed by atoms with Gasteiger partial charge in [0.15, 0.2) is 0 Å². The van der Waals surface area contributed by atoms with E-state index in [9.17, 15) is 25.8 Å². The van der Waals surface area contributed by atoms with Crippen molar-refractivity contribution in [3.8, 4) is 41.2 Å². The van der Waals surface area contributed by atoms with E-state index in [1.807, 2.05) is 0 Å². The third kappa shape index (κ3) is 12.3. The maximum Gasteiger partial charge on any atom is 0.333 e. The standard InChI is InChI=1S/C44H56N4O3/c1-5-7-8-12-34-15-17-36(18-16-34)37-19-20-41(35(6-2)29-37)40-30-38(13-9-10-24-45)42(39(31-40)14-11-28-50-43(49)33(3)4)51-32-44(21-25-46,22-26-47)23-27-48/h19-20,29-31,34,36H,3,5-18,21-23,28,32H2,1-2,4H3. The third-order valence-corrected chi connectivity index (χ3v) is 10.4. The molecule has 0 spiro atoms. The van der Waals surface area contributed by atoms with Gasteiger partial charge in [0.1, 0.15) is 5.75 Å². The smallest absolute Gasteiger partial charge is 0.333 e. The Hall–Kier alpha value is -4.59. The van der Waals surface area contributed by atoms with Crippen LogP contribution in [0.5, 0.6) is 5.75 Å². The second-order valence-electron chi connectivity index (χ2n) is 14.4. The van der Waals surface area contributed by atoms with E-state index in [4.69, 9.17) is 9.47 Å². The molecule has 0 N–H and O–H groups in total. The number of aryl methyl sites for hydroxylation is 3. The number of unbranched alkanes of at least 4 members (excludes halogenated alkanes) is 3. The first kappa shape index (κ1) is 40.8. The maximum absolute atomic E-state index is 12.1. The van der Waals surface area contributed by atoms with Crippen LogP contribution in [0.15, 0.2) is 42.5 Å². The molecule has 0 unspecified atom stereocenters. The predicted molar refractivity (Wildman–Crippen MR) is 201 cm³/mol. The second kappa shape index (κ2) is 21.6. The van der Waals surface area contributed by atoms with Crippen LogP contribution in [-0.4, -0.2) is 19.2 Å². The minimum absolute atomic E-state index is 0.0227. The van der Waals surface area contributed by atoms with E-state index in [1.165, 1.54) is 68.1 Å². The van der Waals surface area contributed by atoms with Crippen molar-refractivity contribution in [2.24, 2.45) is 11.3 Å². The highest BCUT2D eigenvalue weighted by molar-refractivity contribution is 5.86. The Morgan fingerprint density at radius 2 is 1.49 bits per heavy atom. The van der Waals surface area contributed by atoms with Gasteiger partial charge in [-0.1, -0.05) is 64.3 Å². The zero-order valence-corrected chi connectivity index (χ0v) is 31.2. The monoisotopic (exact) mass is 688 g/mol. The summed E-state index contributed by atoms with van der Waals surface area (Å²) in [4.78, 5) is 12.1. The van der Waals surface area contributed by atoms with Gasteiger partial charge >= 0.3 is 5.97 Å². The maximum atomic E-state index is 12.1. The molecule has 0 aliphatic heterocycles. The topological polar surface area (TPSA) is 131 Å². The molecule has 0 radical (unpaired) electrons. The molecule has 270 valence electrons. The molecule has 1 saturated carbocycles. The van der Waals surface area contributed by atoms with Crippen molar-refractivity contribution in [1.29, 1.82) is 21.0 Å². The molecule has 0 aromatic heterocycles. The van der Waals surface area contributed by atoms with Crippen molar-refractivity contribution < 1.29 is 14.3 Å². The van der Waals surface area contributed by atoms with Gasteiger partial charge in [0, 0.05) is 36.7 Å². The molecule has 0 saturated heterocycles. The molecule has 7 heteroatoms. The fourth-order valence-electron chi connectivity index (χ4n) is 7.35. The molecule has 2 aromatic carbocycles. The van der Waals surface area contributed by atoms with Crippen LogP contribution < -0.4 is 4.74 Å². The Labute approximate surface area is 306 Å². The van der Waals surface area contributed by atoms with Crippen molar-refractivity contribution in [3.63, 3.8) is 0 Å². The summed E-state index contributed by atoms with van der Waals surface area (Å²) in [7, 11) is 0. The molecule has 0 atom stereocenters. The first-order chi connectivity index (χ1) is 24.7. The van der Waals surface area contributed by atoms with Crippen LogP contribution >= 0.6 is 0 Å². The van der Waals surface area contributed by atoms with Crippen molar-refractivity contribution >= 4 is 5.97 Å². The van der Waals surface area contributed by atoms with Crippen LogP contribution in [0.3, 0.4) is 0 Å². The Kier molecular flexibility index (Phi) is 17.3. The van der Waals surface area contributed by atoms with E-state index in [1.54, 1.807) is 6.92 Å². The van der Waals surface area contributed by atoms with Crippen LogP contribution in [0.2, 0.25) is 0 Å². The van der Waals surface area contributed by atoms with Gasteiger partial charge < -0.3 is 9.47 Å². The summed E-state index contributed by atoms with van der Waals surface area (Å²) in [6.45, 7) is 10.0. The fourth-order valence-corrected chi connectivity index (χ4v) is 7.35. The number of rotatable bonds is 21. The number of hydrogen-bond donors (Lipinski definition) is 0. The molecule has 1 aliphatic carbocycles. The molecule has 0 heterocycles. The number of hydrogen-bond acceptors (Lipinski definition) is 7.